The largest absolute Gasteiger partial charge is 0.271 e. The molecular weight excluding hydrogens is 245 g/mol. The lowest BCUT2D eigenvalue weighted by atomic mass is 10.1. The van der Waals surface area contributed by atoms with Crippen molar-refractivity contribution in [3.8, 4) is 0 Å². The van der Waals surface area contributed by atoms with Gasteiger partial charge in [0.05, 0.1) is 5.71 Å². The average molecular weight is 257 g/mol. The molecule has 19 heavy (non-hydrogen) atoms. The summed E-state index contributed by atoms with van der Waals surface area (Å²) in [6.45, 7) is 1.70. The molecule has 2 rings (SSSR count). The highest BCUT2D eigenvalue weighted by Crippen LogP contribution is 2.04. The molecule has 0 bridgehead atoms. The third-order valence-electron chi connectivity index (χ3n) is 2.51. The number of halogens is 1. The van der Waals surface area contributed by atoms with E-state index in [4.69, 9.17) is 0 Å². The molecule has 96 valence electrons. The fourth-order valence-corrected chi connectivity index (χ4v) is 1.48. The van der Waals surface area contributed by atoms with Crippen LogP contribution in [0.3, 0.4) is 0 Å². The molecule has 1 N–H and O–H groups in total. The number of hydrazone groups is 1. The summed E-state index contributed by atoms with van der Waals surface area (Å²) in [6.07, 6.45) is 3.05. The van der Waals surface area contributed by atoms with Gasteiger partial charge in [0.2, 0.25) is 0 Å². The number of amides is 1. The molecule has 0 radical (unpaired) electrons. The van der Waals surface area contributed by atoms with E-state index in [1.807, 2.05) is 0 Å². The van der Waals surface area contributed by atoms with Gasteiger partial charge in [-0.3, -0.25) is 9.78 Å². The summed E-state index contributed by atoms with van der Waals surface area (Å²) in [5.41, 5.74) is 4.03. The summed E-state index contributed by atoms with van der Waals surface area (Å²) in [6, 6.07) is 9.20. The smallest absolute Gasteiger partial charge is 0.267 e. The van der Waals surface area contributed by atoms with Crippen molar-refractivity contribution in [3.05, 3.63) is 65.7 Å². The molecule has 0 fully saturated rings. The predicted molar refractivity (Wildman–Crippen MR) is 70.3 cm³/mol. The number of benzene rings is 1. The first-order valence-electron chi connectivity index (χ1n) is 5.67. The number of carbonyl (C=O) groups excluding carboxylic acids is 1. The number of pyridine rings is 1. The van der Waals surface area contributed by atoms with Gasteiger partial charge in [-0.15, -0.1) is 0 Å². The van der Waals surface area contributed by atoms with Crippen LogP contribution in [-0.2, 0) is 0 Å². The van der Waals surface area contributed by atoms with Crippen LogP contribution in [0, 0.1) is 5.82 Å². The highest BCUT2D eigenvalue weighted by Gasteiger charge is 2.04. The Labute approximate surface area is 110 Å². The molecule has 0 spiro atoms. The molecule has 1 heterocycles. The Balaban J connectivity index is 2.09. The number of hydrogen-bond donors (Lipinski definition) is 1. The van der Waals surface area contributed by atoms with Crippen LogP contribution in [0.5, 0.6) is 0 Å². The van der Waals surface area contributed by atoms with Crippen molar-refractivity contribution in [2.75, 3.05) is 0 Å². The van der Waals surface area contributed by atoms with Crippen LogP contribution in [0.25, 0.3) is 0 Å². The maximum Gasteiger partial charge on any atom is 0.271 e. The van der Waals surface area contributed by atoms with Crippen LogP contribution in [0.2, 0.25) is 0 Å². The Morgan fingerprint density at radius 1 is 1.21 bits per heavy atom. The van der Waals surface area contributed by atoms with Crippen molar-refractivity contribution in [2.45, 2.75) is 6.92 Å². The quantitative estimate of drug-likeness (QED) is 0.678. The van der Waals surface area contributed by atoms with E-state index in [0.717, 1.165) is 0 Å². The second kappa shape index (κ2) is 5.86. The van der Waals surface area contributed by atoms with Gasteiger partial charge in [0.25, 0.3) is 5.91 Å². The molecule has 0 unspecified atom stereocenters. The van der Waals surface area contributed by atoms with Crippen molar-refractivity contribution in [1.29, 1.82) is 0 Å². The number of nitrogens with zero attached hydrogens (tertiary/aromatic N) is 2. The van der Waals surface area contributed by atoms with E-state index in [2.05, 4.69) is 15.5 Å². The van der Waals surface area contributed by atoms with Crippen molar-refractivity contribution < 1.29 is 9.18 Å². The van der Waals surface area contributed by atoms with Crippen LogP contribution >= 0.6 is 0 Å². The zero-order valence-corrected chi connectivity index (χ0v) is 10.3. The molecule has 1 amide bonds. The van der Waals surface area contributed by atoms with E-state index in [1.54, 1.807) is 31.2 Å². The topological polar surface area (TPSA) is 54.4 Å². The minimum atomic E-state index is -0.340. The summed E-state index contributed by atoms with van der Waals surface area (Å²) in [5.74, 6) is -0.675. The third kappa shape index (κ3) is 3.45. The molecule has 2 aromatic rings. The zero-order chi connectivity index (χ0) is 13.7. The summed E-state index contributed by atoms with van der Waals surface area (Å²) in [5, 5.41) is 3.94. The summed E-state index contributed by atoms with van der Waals surface area (Å²) < 4.78 is 13.0. The van der Waals surface area contributed by atoms with Gasteiger partial charge in [-0.2, -0.15) is 5.10 Å². The van der Waals surface area contributed by atoms with E-state index in [1.165, 1.54) is 24.5 Å². The summed E-state index contributed by atoms with van der Waals surface area (Å²) >= 11 is 0. The first-order valence-corrected chi connectivity index (χ1v) is 5.67. The van der Waals surface area contributed by atoms with Crippen molar-refractivity contribution in [2.24, 2.45) is 5.10 Å². The lowest BCUT2D eigenvalue weighted by Crippen LogP contribution is -2.19. The molecule has 5 heteroatoms. The van der Waals surface area contributed by atoms with Gasteiger partial charge < -0.3 is 0 Å². The normalized spacial score (nSPS) is 11.2. The first kappa shape index (κ1) is 12.9. The molecule has 0 saturated heterocycles. The van der Waals surface area contributed by atoms with Gasteiger partial charge in [-0.05, 0) is 31.2 Å². The van der Waals surface area contributed by atoms with E-state index in [9.17, 15) is 9.18 Å². The Kier molecular flexibility index (Phi) is 3.97. The fraction of sp³-hybridized carbons (Fsp3) is 0.0714. The van der Waals surface area contributed by atoms with Crippen LogP contribution in [-0.4, -0.2) is 16.6 Å². The van der Waals surface area contributed by atoms with Crippen LogP contribution in [0.15, 0.2) is 53.9 Å². The molecule has 1 aromatic carbocycles. The lowest BCUT2D eigenvalue weighted by molar-refractivity contribution is 0.0954. The van der Waals surface area contributed by atoms with Gasteiger partial charge >= 0.3 is 0 Å². The monoisotopic (exact) mass is 257 g/mol. The second-order valence-corrected chi connectivity index (χ2v) is 3.88. The Morgan fingerprint density at radius 3 is 2.63 bits per heavy atom. The summed E-state index contributed by atoms with van der Waals surface area (Å²) in [7, 11) is 0. The second-order valence-electron chi connectivity index (χ2n) is 3.88. The van der Waals surface area contributed by atoms with Gasteiger partial charge in [-0.25, -0.2) is 9.82 Å². The van der Waals surface area contributed by atoms with Crippen molar-refractivity contribution in [1.82, 2.24) is 10.4 Å². The van der Waals surface area contributed by atoms with Gasteiger partial charge in [0.1, 0.15) is 5.82 Å². The van der Waals surface area contributed by atoms with Gasteiger partial charge in [-0.1, -0.05) is 12.1 Å². The van der Waals surface area contributed by atoms with E-state index < -0.39 is 0 Å². The fourth-order valence-electron chi connectivity index (χ4n) is 1.48. The highest BCUT2D eigenvalue weighted by atomic mass is 19.1. The maximum absolute atomic E-state index is 13.0. The number of carbonyl (C=O) groups is 1. The molecule has 0 saturated carbocycles. The Bertz CT molecular complexity index is 611. The minimum absolute atomic E-state index is 0.335. The average Bonchev–Trinajstić information content (AvgIpc) is 2.45. The van der Waals surface area contributed by atoms with Gasteiger partial charge in [0.15, 0.2) is 0 Å². The van der Waals surface area contributed by atoms with Crippen molar-refractivity contribution >= 4 is 11.6 Å². The molecule has 0 aliphatic heterocycles. The predicted octanol–water partition coefficient (Wildman–Crippen LogP) is 2.37. The molecule has 1 aromatic heterocycles. The SMILES string of the molecule is C/C(=N\NC(=O)c1ccncc1)c1cccc(F)c1. The minimum Gasteiger partial charge on any atom is -0.267 e. The first-order chi connectivity index (χ1) is 9.16. The molecule has 4 nitrogen and oxygen atoms in total. The third-order valence-corrected chi connectivity index (χ3v) is 2.51. The molecule has 0 aliphatic carbocycles. The summed E-state index contributed by atoms with van der Waals surface area (Å²) in [4.78, 5) is 15.6. The standard InChI is InChI=1S/C14H12FN3O/c1-10(12-3-2-4-13(15)9-12)17-18-14(19)11-5-7-16-8-6-11/h2-9H,1H3,(H,18,19)/b17-10+. The van der Waals surface area contributed by atoms with Crippen molar-refractivity contribution in [3.63, 3.8) is 0 Å². The van der Waals surface area contributed by atoms with Crippen LogP contribution in [0.4, 0.5) is 4.39 Å². The molecule has 0 aliphatic rings. The van der Waals surface area contributed by atoms with E-state index >= 15 is 0 Å². The molecular formula is C14H12FN3O. The zero-order valence-electron chi connectivity index (χ0n) is 10.3. The lowest BCUT2D eigenvalue weighted by Gasteiger charge is -2.03. The Hall–Kier alpha value is -2.56. The number of nitrogens with one attached hydrogen (secondary N) is 1. The molecule has 0 atom stereocenters. The number of rotatable bonds is 3. The van der Waals surface area contributed by atoms with E-state index in [0.29, 0.717) is 16.8 Å². The highest BCUT2D eigenvalue weighted by molar-refractivity contribution is 6.00. The number of aromatic nitrogens is 1. The Morgan fingerprint density at radius 2 is 1.95 bits per heavy atom. The van der Waals surface area contributed by atoms with Crippen LogP contribution < -0.4 is 5.43 Å². The maximum atomic E-state index is 13.0. The number of hydrogen-bond acceptors (Lipinski definition) is 3. The van der Waals surface area contributed by atoms with E-state index in [-0.39, 0.29) is 11.7 Å². The van der Waals surface area contributed by atoms with Gasteiger partial charge in [0, 0.05) is 23.5 Å². The van der Waals surface area contributed by atoms with Crippen LogP contribution in [0.1, 0.15) is 22.8 Å².